The lowest BCUT2D eigenvalue weighted by Crippen LogP contribution is -2.40. The van der Waals surface area contributed by atoms with E-state index in [2.05, 4.69) is 4.90 Å². The van der Waals surface area contributed by atoms with Crippen LogP contribution in [0.25, 0.3) is 0 Å². The van der Waals surface area contributed by atoms with Crippen LogP contribution in [0.1, 0.15) is 15.9 Å². The van der Waals surface area contributed by atoms with Gasteiger partial charge in [0.25, 0.3) is 5.91 Å². The average molecular weight is 319 g/mol. The van der Waals surface area contributed by atoms with Gasteiger partial charge in [-0.1, -0.05) is 0 Å². The Kier molecular flexibility index (Phi) is 4.93. The number of morpholine rings is 1. The van der Waals surface area contributed by atoms with Crippen molar-refractivity contribution in [2.45, 2.75) is 6.42 Å². The van der Waals surface area contributed by atoms with Crippen LogP contribution >= 0.6 is 0 Å². The zero-order valence-corrected chi connectivity index (χ0v) is 13.1. The summed E-state index contributed by atoms with van der Waals surface area (Å²) in [5, 5.41) is 0. The van der Waals surface area contributed by atoms with Crippen molar-refractivity contribution >= 4 is 11.6 Å². The molecule has 124 valence electrons. The Hall–Kier alpha value is -1.92. The second-order valence-corrected chi connectivity index (χ2v) is 5.89. The minimum Gasteiger partial charge on any atom is -0.378 e. The molecule has 2 aliphatic heterocycles. The summed E-state index contributed by atoms with van der Waals surface area (Å²) >= 11 is 0. The maximum atomic E-state index is 12.7. The van der Waals surface area contributed by atoms with E-state index in [0.29, 0.717) is 50.3 Å². The molecule has 1 amide bonds. The SMILES string of the molecule is NC/C(=C\F)CN1CCc2cc(C(=O)N3CCOCC3)ccc21. The highest BCUT2D eigenvalue weighted by Gasteiger charge is 2.23. The molecule has 3 rings (SSSR count). The van der Waals surface area contributed by atoms with Gasteiger partial charge >= 0.3 is 0 Å². The van der Waals surface area contributed by atoms with Gasteiger partial charge in [0.05, 0.1) is 19.5 Å². The Morgan fingerprint density at radius 3 is 2.78 bits per heavy atom. The number of amides is 1. The number of halogens is 1. The number of carbonyl (C=O) groups excluding carboxylic acids is 1. The topological polar surface area (TPSA) is 58.8 Å². The van der Waals surface area contributed by atoms with Crippen molar-refractivity contribution in [3.8, 4) is 0 Å². The summed E-state index contributed by atoms with van der Waals surface area (Å²) in [6, 6.07) is 5.78. The number of carbonyl (C=O) groups is 1. The van der Waals surface area contributed by atoms with E-state index in [0.717, 1.165) is 24.2 Å². The Morgan fingerprint density at radius 1 is 1.30 bits per heavy atom. The molecule has 0 aliphatic carbocycles. The first-order valence-electron chi connectivity index (χ1n) is 7.96. The molecular formula is C17H22FN3O2. The molecule has 1 aromatic carbocycles. The minimum absolute atomic E-state index is 0.0563. The summed E-state index contributed by atoms with van der Waals surface area (Å²) in [4.78, 5) is 16.5. The fraction of sp³-hybridized carbons (Fsp3) is 0.471. The van der Waals surface area contributed by atoms with Crippen molar-refractivity contribution < 1.29 is 13.9 Å². The van der Waals surface area contributed by atoms with Gasteiger partial charge in [-0.2, -0.15) is 0 Å². The number of anilines is 1. The number of hydrogen-bond acceptors (Lipinski definition) is 4. The number of ether oxygens (including phenoxy) is 1. The van der Waals surface area contributed by atoms with Crippen molar-refractivity contribution in [3.63, 3.8) is 0 Å². The Balaban J connectivity index is 1.74. The van der Waals surface area contributed by atoms with Crippen molar-refractivity contribution in [2.75, 3.05) is 50.8 Å². The Labute approximate surface area is 135 Å². The highest BCUT2D eigenvalue weighted by atomic mass is 19.1. The predicted octanol–water partition coefficient (Wildman–Crippen LogP) is 1.33. The zero-order valence-electron chi connectivity index (χ0n) is 13.1. The molecule has 1 aromatic rings. The molecule has 2 aliphatic rings. The lowest BCUT2D eigenvalue weighted by molar-refractivity contribution is 0.0303. The van der Waals surface area contributed by atoms with Crippen LogP contribution in [0.5, 0.6) is 0 Å². The van der Waals surface area contributed by atoms with Crippen LogP contribution in [-0.2, 0) is 11.2 Å². The lowest BCUT2D eigenvalue weighted by atomic mass is 10.1. The lowest BCUT2D eigenvalue weighted by Gasteiger charge is -2.27. The minimum atomic E-state index is 0.0563. The second-order valence-electron chi connectivity index (χ2n) is 5.89. The van der Waals surface area contributed by atoms with Crippen LogP contribution in [0.2, 0.25) is 0 Å². The highest BCUT2D eigenvalue weighted by Crippen LogP contribution is 2.29. The molecule has 23 heavy (non-hydrogen) atoms. The van der Waals surface area contributed by atoms with Gasteiger partial charge in [0.15, 0.2) is 0 Å². The van der Waals surface area contributed by atoms with Crippen LogP contribution in [0.15, 0.2) is 30.1 Å². The van der Waals surface area contributed by atoms with Crippen molar-refractivity contribution in [1.82, 2.24) is 4.90 Å². The van der Waals surface area contributed by atoms with Crippen molar-refractivity contribution in [2.24, 2.45) is 5.73 Å². The third kappa shape index (κ3) is 3.38. The fourth-order valence-corrected chi connectivity index (χ4v) is 3.11. The molecule has 5 nitrogen and oxygen atoms in total. The monoisotopic (exact) mass is 319 g/mol. The molecule has 0 spiro atoms. The van der Waals surface area contributed by atoms with Gasteiger partial charge < -0.3 is 20.3 Å². The van der Waals surface area contributed by atoms with E-state index in [1.54, 1.807) is 0 Å². The summed E-state index contributed by atoms with van der Waals surface area (Å²) in [6.45, 7) is 4.02. The molecular weight excluding hydrogens is 297 g/mol. The van der Waals surface area contributed by atoms with Gasteiger partial charge in [0.1, 0.15) is 0 Å². The number of fused-ring (bicyclic) bond motifs is 1. The molecule has 0 bridgehead atoms. The summed E-state index contributed by atoms with van der Waals surface area (Å²) in [5.74, 6) is 0.0563. The van der Waals surface area contributed by atoms with E-state index in [-0.39, 0.29) is 12.5 Å². The fourth-order valence-electron chi connectivity index (χ4n) is 3.11. The first kappa shape index (κ1) is 16.0. The number of nitrogens with zero attached hydrogens (tertiary/aromatic N) is 2. The number of rotatable bonds is 4. The van der Waals surface area contributed by atoms with Gasteiger partial charge in [0, 0.05) is 44.0 Å². The predicted molar refractivity (Wildman–Crippen MR) is 87.3 cm³/mol. The molecule has 0 radical (unpaired) electrons. The largest absolute Gasteiger partial charge is 0.378 e. The molecule has 2 N–H and O–H groups in total. The van der Waals surface area contributed by atoms with E-state index < -0.39 is 0 Å². The van der Waals surface area contributed by atoms with Crippen molar-refractivity contribution in [3.05, 3.63) is 41.2 Å². The molecule has 0 aromatic heterocycles. The third-order valence-electron chi connectivity index (χ3n) is 4.43. The number of benzene rings is 1. The Bertz CT molecular complexity index is 612. The van der Waals surface area contributed by atoms with Gasteiger partial charge in [-0.25, -0.2) is 4.39 Å². The number of hydrogen-bond donors (Lipinski definition) is 1. The van der Waals surface area contributed by atoms with Gasteiger partial charge in [-0.05, 0) is 35.8 Å². The average Bonchev–Trinajstić information content (AvgIpc) is 3.01. The van der Waals surface area contributed by atoms with E-state index in [1.807, 2.05) is 23.1 Å². The standard InChI is InChI=1S/C17H22FN3O2/c18-10-13(11-19)12-21-4-3-14-9-15(1-2-16(14)21)17(22)20-5-7-23-8-6-20/h1-2,9-10H,3-8,11-12,19H2/b13-10+. The first-order valence-corrected chi connectivity index (χ1v) is 7.96. The van der Waals surface area contributed by atoms with Crippen LogP contribution in [0, 0.1) is 0 Å². The summed E-state index contributed by atoms with van der Waals surface area (Å²) in [7, 11) is 0. The molecule has 1 fully saturated rings. The normalized spacial score (nSPS) is 18.3. The van der Waals surface area contributed by atoms with E-state index in [1.165, 1.54) is 0 Å². The summed E-state index contributed by atoms with van der Waals surface area (Å²) in [5.41, 5.74) is 9.03. The Morgan fingerprint density at radius 2 is 2.09 bits per heavy atom. The van der Waals surface area contributed by atoms with Gasteiger partial charge in [0.2, 0.25) is 0 Å². The van der Waals surface area contributed by atoms with E-state index in [4.69, 9.17) is 10.5 Å². The summed E-state index contributed by atoms with van der Waals surface area (Å²) in [6.07, 6.45) is 1.46. The maximum Gasteiger partial charge on any atom is 0.254 e. The molecule has 0 atom stereocenters. The van der Waals surface area contributed by atoms with Crippen LogP contribution in [0.4, 0.5) is 10.1 Å². The second kappa shape index (κ2) is 7.10. The first-order chi connectivity index (χ1) is 11.2. The quantitative estimate of drug-likeness (QED) is 0.910. The zero-order chi connectivity index (χ0) is 16.2. The highest BCUT2D eigenvalue weighted by molar-refractivity contribution is 5.95. The smallest absolute Gasteiger partial charge is 0.254 e. The summed E-state index contributed by atoms with van der Waals surface area (Å²) < 4.78 is 18.0. The molecule has 0 saturated carbocycles. The van der Waals surface area contributed by atoms with Crippen LogP contribution < -0.4 is 10.6 Å². The third-order valence-corrected chi connectivity index (χ3v) is 4.43. The van der Waals surface area contributed by atoms with Gasteiger partial charge in [-0.3, -0.25) is 4.79 Å². The van der Waals surface area contributed by atoms with Gasteiger partial charge in [-0.15, -0.1) is 0 Å². The molecule has 6 heteroatoms. The maximum absolute atomic E-state index is 12.7. The molecule has 0 unspecified atom stereocenters. The van der Waals surface area contributed by atoms with E-state index in [9.17, 15) is 9.18 Å². The number of nitrogens with two attached hydrogens (primary N) is 1. The van der Waals surface area contributed by atoms with Crippen LogP contribution in [0.3, 0.4) is 0 Å². The van der Waals surface area contributed by atoms with Crippen molar-refractivity contribution in [1.29, 1.82) is 0 Å². The molecule has 2 heterocycles. The molecule has 1 saturated heterocycles. The van der Waals surface area contributed by atoms with Crippen LogP contribution in [-0.4, -0.2) is 56.7 Å². The van der Waals surface area contributed by atoms with E-state index >= 15 is 0 Å².